The molecule has 0 radical (unpaired) electrons. The molecule has 100 valence electrons. The molecule has 2 nitrogen and oxygen atoms in total. The first-order valence-electron chi connectivity index (χ1n) is 7.47. The topological polar surface area (TPSA) is 24.9 Å². The molecule has 0 atom stereocenters. The predicted molar refractivity (Wildman–Crippen MR) is 81.4 cm³/mol. The number of pyridine rings is 1. The number of nitrogens with zero attached hydrogens (tertiary/aromatic N) is 1. The Morgan fingerprint density at radius 3 is 2.74 bits per heavy atom. The molecule has 2 heteroatoms. The van der Waals surface area contributed by atoms with Crippen LogP contribution in [-0.2, 0) is 0 Å². The summed E-state index contributed by atoms with van der Waals surface area (Å²) in [6.45, 7) is 2.31. The second-order valence-electron chi connectivity index (χ2n) is 5.65. The average Bonchev–Trinajstić information content (AvgIpc) is 2.48. The third kappa shape index (κ3) is 2.73. The maximum absolute atomic E-state index is 4.42. The second kappa shape index (κ2) is 5.60. The molecule has 0 amide bonds. The van der Waals surface area contributed by atoms with Gasteiger partial charge in [0.2, 0.25) is 0 Å². The van der Waals surface area contributed by atoms with Crippen LogP contribution in [-0.4, -0.2) is 11.0 Å². The molecular weight excluding hydrogens is 232 g/mol. The summed E-state index contributed by atoms with van der Waals surface area (Å²) in [5.41, 5.74) is 2.32. The number of rotatable bonds is 3. The van der Waals surface area contributed by atoms with Crippen molar-refractivity contribution < 1.29 is 0 Å². The van der Waals surface area contributed by atoms with E-state index in [0.29, 0.717) is 6.04 Å². The van der Waals surface area contributed by atoms with E-state index < -0.39 is 0 Å². The summed E-state index contributed by atoms with van der Waals surface area (Å²) < 4.78 is 0. The lowest BCUT2D eigenvalue weighted by Crippen LogP contribution is -2.25. The molecule has 1 aliphatic carbocycles. The van der Waals surface area contributed by atoms with Crippen molar-refractivity contribution in [3.63, 3.8) is 0 Å². The lowest BCUT2D eigenvalue weighted by Gasteiger charge is -2.29. The van der Waals surface area contributed by atoms with E-state index in [4.69, 9.17) is 0 Å². The number of anilines is 1. The van der Waals surface area contributed by atoms with E-state index >= 15 is 0 Å². The second-order valence-corrected chi connectivity index (χ2v) is 5.65. The first-order chi connectivity index (χ1) is 9.36. The van der Waals surface area contributed by atoms with Crippen LogP contribution >= 0.6 is 0 Å². The fraction of sp³-hybridized carbons (Fsp3) is 0.471. The van der Waals surface area contributed by atoms with E-state index in [2.05, 4.69) is 41.5 Å². The van der Waals surface area contributed by atoms with Gasteiger partial charge in [0.05, 0.1) is 5.52 Å². The van der Waals surface area contributed by atoms with Crippen molar-refractivity contribution in [2.45, 2.75) is 45.1 Å². The van der Waals surface area contributed by atoms with E-state index in [1.165, 1.54) is 43.2 Å². The summed E-state index contributed by atoms with van der Waals surface area (Å²) in [7, 11) is 0. The van der Waals surface area contributed by atoms with Crippen LogP contribution in [0.4, 0.5) is 5.69 Å². The van der Waals surface area contributed by atoms with Crippen LogP contribution in [0.1, 0.15) is 39.0 Å². The van der Waals surface area contributed by atoms with Gasteiger partial charge in [-0.25, -0.2) is 0 Å². The Bertz CT molecular complexity index is 536. The lowest BCUT2D eigenvalue weighted by atomic mass is 9.84. The zero-order valence-corrected chi connectivity index (χ0v) is 11.6. The van der Waals surface area contributed by atoms with Crippen molar-refractivity contribution in [2.24, 2.45) is 5.92 Å². The van der Waals surface area contributed by atoms with Crippen LogP contribution in [0, 0.1) is 5.92 Å². The average molecular weight is 254 g/mol. The highest BCUT2D eigenvalue weighted by atomic mass is 14.9. The van der Waals surface area contributed by atoms with Gasteiger partial charge in [0, 0.05) is 23.3 Å². The van der Waals surface area contributed by atoms with Gasteiger partial charge in [0.15, 0.2) is 0 Å². The van der Waals surface area contributed by atoms with Crippen LogP contribution in [0.3, 0.4) is 0 Å². The summed E-state index contributed by atoms with van der Waals surface area (Å²) in [5.74, 6) is 0.951. The van der Waals surface area contributed by atoms with Gasteiger partial charge in [0.25, 0.3) is 0 Å². The van der Waals surface area contributed by atoms with Crippen molar-refractivity contribution in [3.05, 3.63) is 36.5 Å². The highest BCUT2D eigenvalue weighted by molar-refractivity contribution is 5.91. The van der Waals surface area contributed by atoms with Gasteiger partial charge in [0.1, 0.15) is 0 Å². The Balaban J connectivity index is 1.75. The lowest BCUT2D eigenvalue weighted by molar-refractivity contribution is 0.330. The van der Waals surface area contributed by atoms with Gasteiger partial charge in [-0.1, -0.05) is 19.4 Å². The maximum atomic E-state index is 4.42. The molecule has 2 aromatic rings. The Morgan fingerprint density at radius 2 is 1.95 bits per heavy atom. The SMILES string of the molecule is CCC1CCC(Nc2cccc3ncccc23)CC1. The molecule has 0 saturated heterocycles. The zero-order chi connectivity index (χ0) is 13.1. The highest BCUT2D eigenvalue weighted by Crippen LogP contribution is 2.30. The van der Waals surface area contributed by atoms with Crippen LogP contribution in [0.15, 0.2) is 36.5 Å². The molecule has 0 bridgehead atoms. The molecule has 1 fully saturated rings. The normalized spacial score (nSPS) is 23.4. The van der Waals surface area contributed by atoms with E-state index in [1.807, 2.05) is 12.3 Å². The monoisotopic (exact) mass is 254 g/mol. The van der Waals surface area contributed by atoms with Gasteiger partial charge in [-0.3, -0.25) is 4.98 Å². The van der Waals surface area contributed by atoms with Crippen LogP contribution in [0.5, 0.6) is 0 Å². The van der Waals surface area contributed by atoms with Gasteiger partial charge >= 0.3 is 0 Å². The molecule has 1 saturated carbocycles. The first-order valence-corrected chi connectivity index (χ1v) is 7.47. The third-order valence-electron chi connectivity index (χ3n) is 4.43. The van der Waals surface area contributed by atoms with Crippen molar-refractivity contribution in [1.82, 2.24) is 4.98 Å². The minimum atomic E-state index is 0.633. The summed E-state index contributed by atoms with van der Waals surface area (Å²) in [6.07, 6.45) is 8.54. The Labute approximate surface area is 115 Å². The summed E-state index contributed by atoms with van der Waals surface area (Å²) in [5, 5.41) is 4.97. The largest absolute Gasteiger partial charge is 0.382 e. The van der Waals surface area contributed by atoms with Gasteiger partial charge in [-0.15, -0.1) is 0 Å². The van der Waals surface area contributed by atoms with Crippen molar-refractivity contribution in [2.75, 3.05) is 5.32 Å². The van der Waals surface area contributed by atoms with Gasteiger partial charge in [-0.05, 0) is 55.9 Å². The number of aromatic nitrogens is 1. The summed E-state index contributed by atoms with van der Waals surface area (Å²) >= 11 is 0. The van der Waals surface area contributed by atoms with E-state index in [0.717, 1.165) is 11.4 Å². The molecule has 19 heavy (non-hydrogen) atoms. The Morgan fingerprint density at radius 1 is 1.11 bits per heavy atom. The molecule has 0 spiro atoms. The van der Waals surface area contributed by atoms with Crippen LogP contribution < -0.4 is 5.32 Å². The van der Waals surface area contributed by atoms with E-state index in [-0.39, 0.29) is 0 Å². The van der Waals surface area contributed by atoms with Crippen molar-refractivity contribution >= 4 is 16.6 Å². The quantitative estimate of drug-likeness (QED) is 0.864. The van der Waals surface area contributed by atoms with Crippen molar-refractivity contribution in [1.29, 1.82) is 0 Å². The summed E-state index contributed by atoms with van der Waals surface area (Å²) in [4.78, 5) is 4.42. The van der Waals surface area contributed by atoms with E-state index in [9.17, 15) is 0 Å². The van der Waals surface area contributed by atoms with E-state index in [1.54, 1.807) is 0 Å². The molecular formula is C17H22N2. The predicted octanol–water partition coefficient (Wildman–Crippen LogP) is 4.62. The molecule has 1 aliphatic rings. The Hall–Kier alpha value is -1.57. The first kappa shape index (κ1) is 12.5. The molecule has 1 N–H and O–H groups in total. The Kier molecular flexibility index (Phi) is 3.67. The number of nitrogens with one attached hydrogen (secondary N) is 1. The van der Waals surface area contributed by atoms with Gasteiger partial charge < -0.3 is 5.32 Å². The number of benzene rings is 1. The number of fused-ring (bicyclic) bond motifs is 1. The smallest absolute Gasteiger partial charge is 0.0722 e. The van der Waals surface area contributed by atoms with Crippen molar-refractivity contribution in [3.8, 4) is 0 Å². The molecule has 1 aromatic carbocycles. The third-order valence-corrected chi connectivity index (χ3v) is 4.43. The molecule has 0 unspecified atom stereocenters. The number of hydrogen-bond donors (Lipinski definition) is 1. The zero-order valence-electron chi connectivity index (χ0n) is 11.6. The minimum absolute atomic E-state index is 0.633. The van der Waals surface area contributed by atoms with Crippen LogP contribution in [0.2, 0.25) is 0 Å². The summed E-state index contributed by atoms with van der Waals surface area (Å²) in [6, 6.07) is 11.2. The molecule has 0 aliphatic heterocycles. The van der Waals surface area contributed by atoms with Crippen LogP contribution in [0.25, 0.3) is 10.9 Å². The minimum Gasteiger partial charge on any atom is -0.382 e. The molecule has 1 heterocycles. The standard InChI is InChI=1S/C17H22N2/c1-2-13-8-10-14(11-9-13)19-17-7-3-6-16-15(17)5-4-12-18-16/h3-7,12-14,19H,2,8-11H2,1H3. The fourth-order valence-corrected chi connectivity index (χ4v) is 3.16. The highest BCUT2D eigenvalue weighted by Gasteiger charge is 2.20. The molecule has 1 aromatic heterocycles. The fourth-order valence-electron chi connectivity index (χ4n) is 3.16. The maximum Gasteiger partial charge on any atom is 0.0722 e. The van der Waals surface area contributed by atoms with Gasteiger partial charge in [-0.2, -0.15) is 0 Å². The number of hydrogen-bond acceptors (Lipinski definition) is 2. The molecule has 3 rings (SSSR count).